The molecule has 2 fully saturated rings. The third-order valence-corrected chi connectivity index (χ3v) is 11.6. The van der Waals surface area contributed by atoms with Crippen LogP contribution >= 0.6 is 11.6 Å². The van der Waals surface area contributed by atoms with Crippen LogP contribution in [-0.2, 0) is 14.1 Å². The highest BCUT2D eigenvalue weighted by atomic mass is 35.5. The summed E-state index contributed by atoms with van der Waals surface area (Å²) in [7, 11) is 3.55. The molecule has 58 heavy (non-hydrogen) atoms. The Bertz CT molecular complexity index is 2930. The smallest absolute Gasteiger partial charge is 0.193 e. The van der Waals surface area contributed by atoms with Crippen molar-refractivity contribution < 1.29 is 14.6 Å². The number of pyridine rings is 4. The lowest BCUT2D eigenvalue weighted by atomic mass is 9.98. The van der Waals surface area contributed by atoms with Gasteiger partial charge in [-0.2, -0.15) is 10.2 Å². The maximum Gasteiger partial charge on any atom is 0.193 e. The number of nitrogens with zero attached hydrogens (tertiary/aromatic N) is 10. The Kier molecular flexibility index (Phi) is 8.58. The zero-order valence-electron chi connectivity index (χ0n) is 32.2. The minimum absolute atomic E-state index is 0.0788. The van der Waals surface area contributed by atoms with Gasteiger partial charge in [-0.25, -0.2) is 24.3 Å². The summed E-state index contributed by atoms with van der Waals surface area (Å²) in [5.41, 5.74) is 5.59. The van der Waals surface area contributed by atoms with Gasteiger partial charge in [-0.15, -0.1) is 0 Å². The van der Waals surface area contributed by atoms with Crippen LogP contribution in [0.1, 0.15) is 13.8 Å². The third-order valence-electron chi connectivity index (χ3n) is 11.3. The molecule has 0 spiro atoms. The summed E-state index contributed by atoms with van der Waals surface area (Å²) in [5, 5.41) is 41.3. The number of benzene rings is 2. The van der Waals surface area contributed by atoms with Gasteiger partial charge >= 0.3 is 0 Å². The van der Waals surface area contributed by atoms with Crippen LogP contribution in [0.4, 0.5) is 15.8 Å². The molecule has 2 aliphatic heterocycles. The van der Waals surface area contributed by atoms with E-state index >= 15 is 4.39 Å². The predicted molar refractivity (Wildman–Crippen MR) is 224 cm³/mol. The number of hydrogen-bond acceptors (Lipinski definition) is 12. The lowest BCUT2D eigenvalue weighted by molar-refractivity contribution is 0.272. The van der Waals surface area contributed by atoms with E-state index < -0.39 is 11.6 Å². The molecular weight excluding hydrogens is 759 g/mol. The first-order chi connectivity index (χ1) is 27.9. The number of phenolic OH excluding ortho intramolecular Hbond substituents is 2. The summed E-state index contributed by atoms with van der Waals surface area (Å²) in [6.07, 6.45) is 7.30. The average Bonchev–Trinajstić information content (AvgIpc) is 3.77. The van der Waals surface area contributed by atoms with Crippen molar-refractivity contribution in [3.63, 3.8) is 0 Å². The van der Waals surface area contributed by atoms with Crippen molar-refractivity contribution in [2.24, 2.45) is 14.1 Å². The van der Waals surface area contributed by atoms with Crippen molar-refractivity contribution in [2.45, 2.75) is 38.0 Å². The average molecular weight is 799 g/mol. The molecule has 0 radical (unpaired) electrons. The topological polar surface area (TPSA) is 158 Å². The van der Waals surface area contributed by atoms with Crippen LogP contribution in [0.25, 0.3) is 66.4 Å². The van der Waals surface area contributed by atoms with E-state index in [4.69, 9.17) is 31.5 Å². The van der Waals surface area contributed by atoms with Crippen molar-refractivity contribution in [1.82, 2.24) is 50.1 Å². The number of aromatic nitrogens is 8. The fraction of sp³-hybridized carbons (Fsp3) is 0.286. The molecule has 8 heterocycles. The van der Waals surface area contributed by atoms with Crippen molar-refractivity contribution in [1.29, 1.82) is 0 Å². The van der Waals surface area contributed by atoms with Crippen LogP contribution in [-0.4, -0.2) is 100 Å². The molecule has 0 amide bonds. The van der Waals surface area contributed by atoms with Gasteiger partial charge in [0.2, 0.25) is 0 Å². The van der Waals surface area contributed by atoms with Crippen molar-refractivity contribution in [3.05, 3.63) is 84.2 Å². The first-order valence-corrected chi connectivity index (χ1v) is 19.6. The Hall–Kier alpha value is -6.16. The second kappa shape index (κ2) is 13.7. The zero-order chi connectivity index (χ0) is 40.0. The van der Waals surface area contributed by atoms with E-state index in [1.165, 1.54) is 4.68 Å². The third kappa shape index (κ3) is 6.35. The SMILES string of the molecule is CC1CN(c2cnc3nc(-c4cc5cn(C)nc5cc4O)cc(Cl)c3c2)CC([C@@H]2CN(c3cnc4nc(-c5cc6cn(C)nc6c(F)c5O)ccc4c3)C[C@@H](C)N2)N1. The number of anilines is 2. The standard InChI is InChI=1S/C42H40ClFN12O2/c1-21-15-55(26-7-23-5-6-32(49-41(23)45-13-26)30-9-25-18-54(4)52-39(25)38(44)40(30)58)19-35(47-21)36-20-56(16-22(2)48-36)27-10-28-31(43)11-34(50-42(28)46-14-27)29-8-24-17-53(3)51-33(24)12-37(29)57/h5-14,17-18,21-22,35-36,47-48,57-58H,15-16,19-20H2,1-4H3/t21-,22?,35+,36?/m1/s1. The van der Waals surface area contributed by atoms with Gasteiger partial charge in [0, 0.05) is 116 Å². The zero-order valence-corrected chi connectivity index (χ0v) is 32.9. The maximum atomic E-state index is 15.0. The molecule has 2 aromatic carbocycles. The van der Waals surface area contributed by atoms with Crippen molar-refractivity contribution >= 4 is 66.8 Å². The number of rotatable bonds is 5. The first kappa shape index (κ1) is 36.2. The molecule has 0 aliphatic carbocycles. The number of aryl methyl sites for hydroxylation is 2. The highest BCUT2D eigenvalue weighted by molar-refractivity contribution is 6.35. The molecule has 294 valence electrons. The predicted octanol–water partition coefficient (Wildman–Crippen LogP) is 5.92. The van der Waals surface area contributed by atoms with E-state index in [1.807, 2.05) is 37.8 Å². The molecular formula is C42H40ClFN12O2. The van der Waals surface area contributed by atoms with Gasteiger partial charge in [-0.3, -0.25) is 9.36 Å². The van der Waals surface area contributed by atoms with Crippen molar-refractivity contribution in [3.8, 4) is 34.0 Å². The molecule has 4 atom stereocenters. The second-order valence-electron chi connectivity index (χ2n) is 15.7. The van der Waals surface area contributed by atoms with E-state index in [9.17, 15) is 10.2 Å². The molecule has 14 nitrogen and oxygen atoms in total. The molecule has 8 aromatic rings. The lowest BCUT2D eigenvalue weighted by Gasteiger charge is -2.47. The number of piperazine rings is 2. The van der Waals surface area contributed by atoms with E-state index in [0.29, 0.717) is 44.2 Å². The minimum Gasteiger partial charge on any atom is -0.507 e. The number of phenols is 2. The van der Waals surface area contributed by atoms with Crippen LogP contribution in [0.15, 0.2) is 73.3 Å². The first-order valence-electron chi connectivity index (χ1n) is 19.2. The summed E-state index contributed by atoms with van der Waals surface area (Å²) in [4.78, 5) is 23.7. The van der Waals surface area contributed by atoms with E-state index in [0.717, 1.165) is 53.7 Å². The number of hydrogen-bond donors (Lipinski definition) is 4. The Labute approximate surface area is 336 Å². The van der Waals surface area contributed by atoms with Crippen LogP contribution < -0.4 is 20.4 Å². The minimum atomic E-state index is -0.770. The Balaban J connectivity index is 0.880. The summed E-state index contributed by atoms with van der Waals surface area (Å²) in [6.45, 7) is 7.49. The fourth-order valence-corrected chi connectivity index (χ4v) is 8.89. The highest BCUT2D eigenvalue weighted by Gasteiger charge is 2.35. The summed E-state index contributed by atoms with van der Waals surface area (Å²) in [6, 6.07) is 15.5. The van der Waals surface area contributed by atoms with Gasteiger partial charge in [-0.1, -0.05) is 11.6 Å². The molecule has 2 saturated heterocycles. The number of halogens is 2. The number of fused-ring (bicyclic) bond motifs is 4. The van der Waals surface area contributed by atoms with Crippen LogP contribution in [0.2, 0.25) is 5.02 Å². The van der Waals surface area contributed by atoms with Gasteiger partial charge in [-0.05, 0) is 56.3 Å². The summed E-state index contributed by atoms with van der Waals surface area (Å²) < 4.78 is 18.3. The number of aromatic hydroxyl groups is 2. The molecule has 6 aromatic heterocycles. The second-order valence-corrected chi connectivity index (χ2v) is 16.1. The molecule has 2 aliphatic rings. The van der Waals surface area contributed by atoms with Gasteiger partial charge in [0.25, 0.3) is 0 Å². The number of nitrogens with one attached hydrogen (secondary N) is 2. The van der Waals surface area contributed by atoms with Gasteiger partial charge in [0.05, 0.1) is 45.7 Å². The van der Waals surface area contributed by atoms with E-state index in [-0.39, 0.29) is 41.0 Å². The van der Waals surface area contributed by atoms with Crippen molar-refractivity contribution in [2.75, 3.05) is 36.0 Å². The van der Waals surface area contributed by atoms with E-state index in [1.54, 1.807) is 42.2 Å². The monoisotopic (exact) mass is 798 g/mol. The van der Waals surface area contributed by atoms with Crippen LogP contribution in [0, 0.1) is 5.82 Å². The molecule has 16 heteroatoms. The Morgan fingerprint density at radius 1 is 0.707 bits per heavy atom. The Morgan fingerprint density at radius 3 is 2.09 bits per heavy atom. The van der Waals surface area contributed by atoms with Gasteiger partial charge < -0.3 is 30.6 Å². The molecule has 4 N–H and O–H groups in total. The molecule has 10 rings (SSSR count). The normalized spacial score (nSPS) is 20.2. The summed E-state index contributed by atoms with van der Waals surface area (Å²) >= 11 is 6.91. The van der Waals surface area contributed by atoms with Crippen LogP contribution in [0.5, 0.6) is 11.5 Å². The Morgan fingerprint density at radius 2 is 1.34 bits per heavy atom. The fourth-order valence-electron chi connectivity index (χ4n) is 8.65. The molecule has 0 saturated carbocycles. The lowest BCUT2D eigenvalue weighted by Crippen LogP contribution is -2.68. The van der Waals surface area contributed by atoms with E-state index in [2.05, 4.69) is 56.6 Å². The quantitative estimate of drug-likeness (QED) is 0.163. The summed E-state index contributed by atoms with van der Waals surface area (Å²) in [5.74, 6) is -1.17. The van der Waals surface area contributed by atoms with Gasteiger partial charge in [0.15, 0.2) is 22.9 Å². The largest absolute Gasteiger partial charge is 0.507 e. The molecule has 0 bridgehead atoms. The van der Waals surface area contributed by atoms with Crippen LogP contribution in [0.3, 0.4) is 0 Å². The molecule has 2 unspecified atom stereocenters. The maximum absolute atomic E-state index is 15.0. The highest BCUT2D eigenvalue weighted by Crippen LogP contribution is 2.38. The van der Waals surface area contributed by atoms with Gasteiger partial charge in [0.1, 0.15) is 11.3 Å².